The molecule has 158 valence electrons. The van der Waals surface area contributed by atoms with Gasteiger partial charge in [0.15, 0.2) is 0 Å². The molecule has 1 N–H and O–H groups in total. The van der Waals surface area contributed by atoms with E-state index in [9.17, 15) is 18.0 Å². The number of amides is 2. The lowest BCUT2D eigenvalue weighted by atomic mass is 10.1. The fourth-order valence-electron chi connectivity index (χ4n) is 3.45. The Bertz CT molecular complexity index is 936. The average molecular weight is 422 g/mol. The van der Waals surface area contributed by atoms with Gasteiger partial charge in [0.2, 0.25) is 15.9 Å². The van der Waals surface area contributed by atoms with E-state index in [-0.39, 0.29) is 29.4 Å². The van der Waals surface area contributed by atoms with E-state index < -0.39 is 15.9 Å². The van der Waals surface area contributed by atoms with E-state index in [4.69, 9.17) is 0 Å². The number of nitrogens with zero attached hydrogens (tertiary/aromatic N) is 4. The second kappa shape index (κ2) is 8.50. The number of benzene rings is 1. The third-order valence-corrected chi connectivity index (χ3v) is 7.01. The summed E-state index contributed by atoms with van der Waals surface area (Å²) in [6, 6.07) is 4.75. The Morgan fingerprint density at radius 3 is 2.45 bits per heavy atom. The molecule has 29 heavy (non-hydrogen) atoms. The number of carbonyl (C=O) groups excluding carboxylic acids is 2. The minimum absolute atomic E-state index is 0.148. The molecule has 3 rings (SSSR count). The van der Waals surface area contributed by atoms with Gasteiger partial charge < -0.3 is 10.2 Å². The Morgan fingerprint density at radius 1 is 1.14 bits per heavy atom. The maximum absolute atomic E-state index is 13.0. The summed E-state index contributed by atoms with van der Waals surface area (Å²) in [4.78, 5) is 26.2. The van der Waals surface area contributed by atoms with Gasteiger partial charge in [0, 0.05) is 47.1 Å². The van der Waals surface area contributed by atoms with Gasteiger partial charge in [-0.15, -0.1) is 0 Å². The first-order valence-corrected chi connectivity index (χ1v) is 11.1. The monoisotopic (exact) mass is 421 g/mol. The summed E-state index contributed by atoms with van der Waals surface area (Å²) in [7, 11) is 1.51. The first kappa shape index (κ1) is 21.3. The van der Waals surface area contributed by atoms with Crippen molar-refractivity contribution in [3.63, 3.8) is 0 Å². The molecule has 2 amide bonds. The molecule has 0 unspecified atom stereocenters. The number of hydrogen-bond donors (Lipinski definition) is 1. The lowest BCUT2D eigenvalue weighted by Gasteiger charge is -2.27. The fourth-order valence-corrected chi connectivity index (χ4v) is 4.99. The Hall–Kier alpha value is -2.46. The van der Waals surface area contributed by atoms with Crippen molar-refractivity contribution in [2.75, 3.05) is 44.4 Å². The van der Waals surface area contributed by atoms with Gasteiger partial charge in [0.1, 0.15) is 5.71 Å². The summed E-state index contributed by atoms with van der Waals surface area (Å²) in [5.41, 5.74) is 1.30. The molecule has 10 heteroatoms. The highest BCUT2D eigenvalue weighted by molar-refractivity contribution is 7.89. The van der Waals surface area contributed by atoms with Gasteiger partial charge >= 0.3 is 0 Å². The highest BCUT2D eigenvalue weighted by Crippen LogP contribution is 2.30. The van der Waals surface area contributed by atoms with Crippen LogP contribution in [0.4, 0.5) is 11.4 Å². The van der Waals surface area contributed by atoms with E-state index in [1.807, 2.05) is 14.1 Å². The zero-order valence-electron chi connectivity index (χ0n) is 17.0. The topological polar surface area (TPSA) is 102 Å². The molecule has 2 aliphatic heterocycles. The number of hydrogen-bond acceptors (Lipinski definition) is 6. The fraction of sp³-hybridized carbons (Fsp3) is 0.526. The molecule has 1 saturated heterocycles. The van der Waals surface area contributed by atoms with Crippen LogP contribution in [0.1, 0.15) is 32.1 Å². The maximum Gasteiger partial charge on any atom is 0.271 e. The molecule has 2 heterocycles. The number of hydrazone groups is 1. The molecule has 1 fully saturated rings. The second-order valence-corrected chi connectivity index (χ2v) is 9.39. The average Bonchev–Trinajstić information content (AvgIpc) is 2.70. The third-order valence-electron chi connectivity index (χ3n) is 5.12. The summed E-state index contributed by atoms with van der Waals surface area (Å²) in [5.74, 6) is -0.592. The molecule has 1 aromatic rings. The minimum atomic E-state index is -3.62. The summed E-state index contributed by atoms with van der Waals surface area (Å²) < 4.78 is 27.5. The van der Waals surface area contributed by atoms with Crippen LogP contribution in [0, 0.1) is 0 Å². The van der Waals surface area contributed by atoms with Gasteiger partial charge in [-0.2, -0.15) is 9.41 Å². The molecule has 0 atom stereocenters. The van der Waals surface area contributed by atoms with Crippen LogP contribution in [-0.2, 0) is 19.6 Å². The number of piperidine rings is 1. The summed E-state index contributed by atoms with van der Waals surface area (Å²) >= 11 is 0. The summed E-state index contributed by atoms with van der Waals surface area (Å²) in [6.07, 6.45) is 3.20. The number of rotatable bonds is 5. The zero-order chi connectivity index (χ0) is 21.2. The van der Waals surface area contributed by atoms with Crippen molar-refractivity contribution in [1.29, 1.82) is 0 Å². The lowest BCUT2D eigenvalue weighted by Crippen LogP contribution is -2.36. The van der Waals surface area contributed by atoms with Crippen molar-refractivity contribution < 1.29 is 18.0 Å². The first-order chi connectivity index (χ1) is 13.7. The van der Waals surface area contributed by atoms with E-state index in [2.05, 4.69) is 10.4 Å². The van der Waals surface area contributed by atoms with Gasteiger partial charge in [-0.05, 0) is 31.0 Å². The first-order valence-electron chi connectivity index (χ1n) is 9.67. The van der Waals surface area contributed by atoms with Crippen molar-refractivity contribution in [1.82, 2.24) is 9.31 Å². The Morgan fingerprint density at radius 2 is 1.83 bits per heavy atom. The Labute approximate surface area is 171 Å². The van der Waals surface area contributed by atoms with Crippen LogP contribution < -0.4 is 10.2 Å². The van der Waals surface area contributed by atoms with Crippen molar-refractivity contribution in [2.24, 2.45) is 5.10 Å². The van der Waals surface area contributed by atoms with Crippen LogP contribution in [0.5, 0.6) is 0 Å². The molecular weight excluding hydrogens is 394 g/mol. The molecule has 0 aromatic heterocycles. The molecule has 0 saturated carbocycles. The van der Waals surface area contributed by atoms with Gasteiger partial charge in [-0.1, -0.05) is 6.42 Å². The highest BCUT2D eigenvalue weighted by Gasteiger charge is 2.28. The highest BCUT2D eigenvalue weighted by atomic mass is 32.2. The lowest BCUT2D eigenvalue weighted by molar-refractivity contribution is -0.130. The second-order valence-electron chi connectivity index (χ2n) is 7.46. The van der Waals surface area contributed by atoms with Crippen LogP contribution >= 0.6 is 0 Å². The zero-order valence-corrected chi connectivity index (χ0v) is 17.8. The largest absolute Gasteiger partial charge is 0.376 e. The quantitative estimate of drug-likeness (QED) is 0.776. The normalized spacial score (nSPS) is 18.4. The number of nitrogens with one attached hydrogen (secondary N) is 1. The van der Waals surface area contributed by atoms with Crippen LogP contribution in [0.3, 0.4) is 0 Å². The van der Waals surface area contributed by atoms with E-state index in [0.29, 0.717) is 24.5 Å². The molecule has 9 nitrogen and oxygen atoms in total. The molecule has 2 aliphatic rings. The van der Waals surface area contributed by atoms with Gasteiger partial charge in [0.05, 0.1) is 16.3 Å². The SMILES string of the molecule is CN1N=C(C(=O)Nc2cc(S(=O)(=O)N3CCCCC3)ccc2N(C)C)CCC1=O. The number of carbonyl (C=O) groups is 2. The predicted molar refractivity (Wildman–Crippen MR) is 111 cm³/mol. The smallest absolute Gasteiger partial charge is 0.271 e. The summed E-state index contributed by atoms with van der Waals surface area (Å²) in [6.45, 7) is 1.02. The molecule has 0 bridgehead atoms. The number of anilines is 2. The molecule has 0 aliphatic carbocycles. The third kappa shape index (κ3) is 4.59. The van der Waals surface area contributed by atoms with Crippen LogP contribution in [0.15, 0.2) is 28.2 Å². The Kier molecular flexibility index (Phi) is 6.23. The Balaban J connectivity index is 1.90. The van der Waals surface area contributed by atoms with E-state index in [1.165, 1.54) is 17.4 Å². The molecule has 0 radical (unpaired) electrons. The van der Waals surface area contributed by atoms with Crippen molar-refractivity contribution >= 4 is 38.9 Å². The van der Waals surface area contributed by atoms with E-state index in [1.54, 1.807) is 17.0 Å². The molecule has 0 spiro atoms. The van der Waals surface area contributed by atoms with Crippen molar-refractivity contribution in [3.05, 3.63) is 18.2 Å². The van der Waals surface area contributed by atoms with Crippen LogP contribution in [0.25, 0.3) is 0 Å². The van der Waals surface area contributed by atoms with Crippen LogP contribution in [0.2, 0.25) is 0 Å². The van der Waals surface area contributed by atoms with E-state index in [0.717, 1.165) is 24.3 Å². The molecular formula is C19H27N5O4S. The van der Waals surface area contributed by atoms with Crippen LogP contribution in [-0.4, -0.2) is 69.5 Å². The van der Waals surface area contributed by atoms with Crippen molar-refractivity contribution in [3.8, 4) is 0 Å². The predicted octanol–water partition coefficient (Wildman–Crippen LogP) is 1.47. The number of sulfonamides is 1. The van der Waals surface area contributed by atoms with Gasteiger partial charge in [-0.3, -0.25) is 9.59 Å². The van der Waals surface area contributed by atoms with E-state index >= 15 is 0 Å². The van der Waals surface area contributed by atoms with Gasteiger partial charge in [0.25, 0.3) is 5.91 Å². The maximum atomic E-state index is 13.0. The molecule has 1 aromatic carbocycles. The van der Waals surface area contributed by atoms with Gasteiger partial charge in [-0.25, -0.2) is 13.4 Å². The van der Waals surface area contributed by atoms with Crippen molar-refractivity contribution in [2.45, 2.75) is 37.0 Å². The standard InChI is InChI=1S/C19H27N5O4S/c1-22(2)17-9-7-14(29(27,28)24-11-5-4-6-12-24)13-16(17)20-19(26)15-8-10-18(25)23(3)21-15/h7,9,13H,4-6,8,10-12H2,1-3H3,(H,20,26). The summed E-state index contributed by atoms with van der Waals surface area (Å²) in [5, 5.41) is 7.96. The minimum Gasteiger partial charge on any atom is -0.376 e.